The minimum absolute atomic E-state index is 0.119. The third-order valence-electron chi connectivity index (χ3n) is 6.85. The summed E-state index contributed by atoms with van der Waals surface area (Å²) in [5.74, 6) is 2.39. The van der Waals surface area contributed by atoms with E-state index in [4.69, 9.17) is 14.4 Å². The van der Waals surface area contributed by atoms with E-state index in [0.29, 0.717) is 12.1 Å². The van der Waals surface area contributed by atoms with Crippen molar-refractivity contribution in [1.29, 1.82) is 0 Å². The summed E-state index contributed by atoms with van der Waals surface area (Å²) in [5, 5.41) is 3.66. The fourth-order valence-electron chi connectivity index (χ4n) is 4.50. The predicted octanol–water partition coefficient (Wildman–Crippen LogP) is 5.23. The summed E-state index contributed by atoms with van der Waals surface area (Å²) in [5.41, 5.74) is 5.27. The zero-order valence-corrected chi connectivity index (χ0v) is 22.7. The molecule has 1 aliphatic heterocycles. The van der Waals surface area contributed by atoms with Crippen molar-refractivity contribution in [2.75, 3.05) is 31.1 Å². The first kappa shape index (κ1) is 26.0. The Morgan fingerprint density at radius 2 is 1.68 bits per heavy atom. The Bertz CT molecular complexity index is 1340. The summed E-state index contributed by atoms with van der Waals surface area (Å²) >= 11 is 1.63. The third kappa shape index (κ3) is 6.62. The molecule has 1 saturated heterocycles. The van der Waals surface area contributed by atoms with Gasteiger partial charge in [0.2, 0.25) is 0 Å². The van der Waals surface area contributed by atoms with Crippen molar-refractivity contribution >= 4 is 23.5 Å². The minimum atomic E-state index is -0.119. The van der Waals surface area contributed by atoms with Crippen molar-refractivity contribution in [2.45, 2.75) is 37.8 Å². The Morgan fingerprint density at radius 1 is 0.921 bits per heavy atom. The third-order valence-corrected chi connectivity index (χ3v) is 7.77. The van der Waals surface area contributed by atoms with E-state index in [1.165, 1.54) is 5.56 Å². The molecule has 0 bridgehead atoms. The van der Waals surface area contributed by atoms with Gasteiger partial charge in [0.1, 0.15) is 11.6 Å². The lowest BCUT2D eigenvalue weighted by atomic mass is 10.1. The molecule has 0 saturated carbocycles. The van der Waals surface area contributed by atoms with E-state index in [1.54, 1.807) is 18.0 Å². The summed E-state index contributed by atoms with van der Waals surface area (Å²) in [6.07, 6.45) is 1.60. The number of furan rings is 1. The highest BCUT2D eigenvalue weighted by Crippen LogP contribution is 2.27. The highest BCUT2D eigenvalue weighted by molar-refractivity contribution is 7.98. The molecular formula is C30H33N5O2S. The van der Waals surface area contributed by atoms with E-state index >= 15 is 0 Å². The number of aryl methyl sites for hydroxylation is 1. The van der Waals surface area contributed by atoms with Gasteiger partial charge in [-0.25, -0.2) is 9.97 Å². The Hall–Kier alpha value is -3.62. The number of carbonyl (C=O) groups excluding carboxylic acids is 1. The van der Waals surface area contributed by atoms with Crippen molar-refractivity contribution in [3.05, 3.63) is 107 Å². The molecule has 1 amide bonds. The van der Waals surface area contributed by atoms with Gasteiger partial charge in [0, 0.05) is 55.3 Å². The van der Waals surface area contributed by atoms with E-state index in [9.17, 15) is 4.79 Å². The molecule has 5 rings (SSSR count). The monoisotopic (exact) mass is 527 g/mol. The number of nitrogens with zero attached hydrogens (tertiary/aromatic N) is 4. The average molecular weight is 528 g/mol. The number of hydrogen-bond donors (Lipinski definition) is 1. The normalized spacial score (nSPS) is 14.0. The lowest BCUT2D eigenvalue weighted by molar-refractivity contribution is 0.0948. The lowest BCUT2D eigenvalue weighted by Crippen LogP contribution is -2.46. The van der Waals surface area contributed by atoms with E-state index < -0.39 is 0 Å². The van der Waals surface area contributed by atoms with Crippen molar-refractivity contribution in [1.82, 2.24) is 20.2 Å². The van der Waals surface area contributed by atoms with Crippen LogP contribution in [0.25, 0.3) is 0 Å². The van der Waals surface area contributed by atoms with Crippen LogP contribution in [0.2, 0.25) is 0 Å². The number of carbonyl (C=O) groups is 1. The highest BCUT2D eigenvalue weighted by atomic mass is 32.2. The molecule has 1 N–H and O–H groups in total. The Labute approximate surface area is 228 Å². The highest BCUT2D eigenvalue weighted by Gasteiger charge is 2.21. The van der Waals surface area contributed by atoms with Gasteiger partial charge >= 0.3 is 0 Å². The molecule has 1 fully saturated rings. The SMILES string of the molecule is Cc1nc(SCc2ccc(C(=O)NCc3ccco3)cc2)nc(N2CCN(Cc3ccccc3)CC2)c1C. The summed E-state index contributed by atoms with van der Waals surface area (Å²) in [6, 6.07) is 22.0. The molecule has 2 aromatic heterocycles. The van der Waals surface area contributed by atoms with Crippen LogP contribution in [-0.2, 0) is 18.8 Å². The molecule has 196 valence electrons. The van der Waals surface area contributed by atoms with E-state index in [-0.39, 0.29) is 5.91 Å². The number of amides is 1. The second-order valence-electron chi connectivity index (χ2n) is 9.54. The number of rotatable bonds is 9. The summed E-state index contributed by atoms with van der Waals surface area (Å²) in [6.45, 7) is 9.48. The number of piperazine rings is 1. The lowest BCUT2D eigenvalue weighted by Gasteiger charge is -2.36. The standard InChI is InChI=1S/C30H33N5O2S/c1-22-23(2)32-30(33-28(22)35-16-14-34(15-17-35)20-24-7-4-3-5-8-24)38-21-25-10-12-26(13-11-25)29(36)31-19-27-9-6-18-37-27/h3-13,18H,14-17,19-21H2,1-2H3,(H,31,36). The smallest absolute Gasteiger partial charge is 0.251 e. The topological polar surface area (TPSA) is 74.5 Å². The van der Waals surface area contributed by atoms with E-state index in [1.807, 2.05) is 36.4 Å². The maximum absolute atomic E-state index is 12.4. The first-order valence-electron chi connectivity index (χ1n) is 12.9. The van der Waals surface area contributed by atoms with Crippen LogP contribution >= 0.6 is 11.8 Å². The minimum Gasteiger partial charge on any atom is -0.467 e. The second kappa shape index (κ2) is 12.3. The fraction of sp³-hybridized carbons (Fsp3) is 0.300. The van der Waals surface area contributed by atoms with Gasteiger partial charge in [0.25, 0.3) is 5.91 Å². The van der Waals surface area contributed by atoms with Gasteiger partial charge in [0.15, 0.2) is 5.16 Å². The van der Waals surface area contributed by atoms with Crippen molar-refractivity contribution in [3.63, 3.8) is 0 Å². The van der Waals surface area contributed by atoms with Crippen LogP contribution in [0.15, 0.2) is 82.6 Å². The van der Waals surface area contributed by atoms with Crippen LogP contribution in [0, 0.1) is 13.8 Å². The molecule has 0 spiro atoms. The molecule has 0 radical (unpaired) electrons. The number of anilines is 1. The largest absolute Gasteiger partial charge is 0.467 e. The van der Waals surface area contributed by atoms with Crippen molar-refractivity contribution in [2.24, 2.45) is 0 Å². The molecule has 7 nitrogen and oxygen atoms in total. The average Bonchev–Trinajstić information content (AvgIpc) is 3.47. The maximum atomic E-state index is 12.4. The van der Waals surface area contributed by atoms with Crippen LogP contribution in [0.1, 0.15) is 38.5 Å². The molecule has 1 aliphatic rings. The fourth-order valence-corrected chi connectivity index (χ4v) is 5.34. The molecule has 0 aliphatic carbocycles. The second-order valence-corrected chi connectivity index (χ2v) is 10.5. The van der Waals surface area contributed by atoms with Gasteiger partial charge < -0.3 is 14.6 Å². The number of hydrogen-bond acceptors (Lipinski definition) is 7. The van der Waals surface area contributed by atoms with Crippen LogP contribution in [0.5, 0.6) is 0 Å². The molecule has 3 heterocycles. The first-order valence-corrected chi connectivity index (χ1v) is 13.9. The quantitative estimate of drug-likeness (QED) is 0.236. The van der Waals surface area contributed by atoms with Gasteiger partial charge in [-0.15, -0.1) is 0 Å². The number of benzene rings is 2. The van der Waals surface area contributed by atoms with Crippen LogP contribution in [0.3, 0.4) is 0 Å². The molecule has 38 heavy (non-hydrogen) atoms. The first-order chi connectivity index (χ1) is 18.5. The number of thioether (sulfide) groups is 1. The van der Waals surface area contributed by atoms with Gasteiger partial charge in [-0.2, -0.15) is 0 Å². The number of nitrogens with one attached hydrogen (secondary N) is 1. The maximum Gasteiger partial charge on any atom is 0.251 e. The predicted molar refractivity (Wildman–Crippen MR) is 151 cm³/mol. The Kier molecular flexibility index (Phi) is 8.41. The Morgan fingerprint density at radius 3 is 2.39 bits per heavy atom. The zero-order chi connectivity index (χ0) is 26.3. The molecule has 0 unspecified atom stereocenters. The van der Waals surface area contributed by atoms with Gasteiger partial charge in [0.05, 0.1) is 12.8 Å². The molecule has 8 heteroatoms. The summed E-state index contributed by atoms with van der Waals surface area (Å²) < 4.78 is 5.27. The zero-order valence-electron chi connectivity index (χ0n) is 21.9. The summed E-state index contributed by atoms with van der Waals surface area (Å²) in [4.78, 5) is 27.0. The van der Waals surface area contributed by atoms with Gasteiger partial charge in [-0.1, -0.05) is 54.2 Å². The Balaban J connectivity index is 1.16. The van der Waals surface area contributed by atoms with Crippen molar-refractivity contribution < 1.29 is 9.21 Å². The van der Waals surface area contributed by atoms with Crippen LogP contribution in [-0.4, -0.2) is 47.0 Å². The van der Waals surface area contributed by atoms with Crippen LogP contribution in [0.4, 0.5) is 5.82 Å². The van der Waals surface area contributed by atoms with Gasteiger partial charge in [-0.3, -0.25) is 9.69 Å². The van der Waals surface area contributed by atoms with Crippen molar-refractivity contribution in [3.8, 4) is 0 Å². The van der Waals surface area contributed by atoms with E-state index in [2.05, 4.69) is 59.3 Å². The summed E-state index contributed by atoms with van der Waals surface area (Å²) in [7, 11) is 0. The molecule has 2 aromatic carbocycles. The molecule has 0 atom stereocenters. The van der Waals surface area contributed by atoms with Crippen LogP contribution < -0.4 is 10.2 Å². The van der Waals surface area contributed by atoms with Gasteiger partial charge in [-0.05, 0) is 49.2 Å². The molecular weight excluding hydrogens is 494 g/mol. The number of aromatic nitrogens is 2. The molecule has 4 aromatic rings. The van der Waals surface area contributed by atoms with E-state index in [0.717, 1.165) is 72.0 Å².